The van der Waals surface area contributed by atoms with Gasteiger partial charge in [-0.25, -0.2) is 9.37 Å². The molecule has 0 saturated heterocycles. The topological polar surface area (TPSA) is 73.2 Å². The van der Waals surface area contributed by atoms with Crippen LogP contribution in [0.3, 0.4) is 0 Å². The number of nitrogens with one attached hydrogen (secondary N) is 1. The van der Waals surface area contributed by atoms with Gasteiger partial charge in [0.1, 0.15) is 11.6 Å². The lowest BCUT2D eigenvalue weighted by Gasteiger charge is -2.06. The van der Waals surface area contributed by atoms with Gasteiger partial charge < -0.3 is 20.2 Å². The van der Waals surface area contributed by atoms with Crippen molar-refractivity contribution in [3.8, 4) is 22.9 Å². The number of nitrogen functional groups attached to an aromatic ring is 1. The number of benzene rings is 2. The van der Waals surface area contributed by atoms with Crippen molar-refractivity contribution in [2.24, 2.45) is 0 Å². The number of rotatable bonds is 3. The second kappa shape index (κ2) is 4.97. The second-order valence-corrected chi connectivity index (χ2v) is 4.55. The van der Waals surface area contributed by atoms with Crippen LogP contribution in [0.1, 0.15) is 0 Å². The summed E-state index contributed by atoms with van der Waals surface area (Å²) in [6.45, 7) is 0. The van der Waals surface area contributed by atoms with E-state index in [9.17, 15) is 4.39 Å². The standard InChI is InChI=1S/C15H14FN3O2/c1-20-13-6-11-12(7-14(13)21-2)19-15(18-11)8-3-4-10(17)9(16)5-8/h3-7H,17H2,1-2H3,(H,18,19). The molecule has 2 aromatic carbocycles. The number of methoxy groups -OCH3 is 2. The molecule has 0 spiro atoms. The van der Waals surface area contributed by atoms with Gasteiger partial charge in [0.15, 0.2) is 11.5 Å². The number of nitrogens with zero attached hydrogens (tertiary/aromatic N) is 1. The highest BCUT2D eigenvalue weighted by Gasteiger charge is 2.12. The number of H-pyrrole nitrogens is 1. The highest BCUT2D eigenvalue weighted by molar-refractivity contribution is 5.83. The van der Waals surface area contributed by atoms with E-state index in [1.165, 1.54) is 12.1 Å². The zero-order chi connectivity index (χ0) is 15.0. The Morgan fingerprint density at radius 1 is 1.10 bits per heavy atom. The van der Waals surface area contributed by atoms with Crippen LogP contribution < -0.4 is 15.2 Å². The fourth-order valence-electron chi connectivity index (χ4n) is 2.15. The molecule has 1 heterocycles. The molecule has 0 aliphatic rings. The third-order valence-electron chi connectivity index (χ3n) is 3.26. The van der Waals surface area contributed by atoms with Gasteiger partial charge in [0.25, 0.3) is 0 Å². The maximum atomic E-state index is 13.6. The number of halogens is 1. The third kappa shape index (κ3) is 2.24. The summed E-state index contributed by atoms with van der Waals surface area (Å²) in [5, 5.41) is 0. The summed E-state index contributed by atoms with van der Waals surface area (Å²) in [4.78, 5) is 7.57. The molecule has 0 fully saturated rings. The monoisotopic (exact) mass is 287 g/mol. The van der Waals surface area contributed by atoms with Crippen LogP contribution in [-0.2, 0) is 0 Å². The molecule has 0 saturated carbocycles. The minimum Gasteiger partial charge on any atom is -0.493 e. The van der Waals surface area contributed by atoms with Crippen LogP contribution in [0.15, 0.2) is 30.3 Å². The zero-order valence-corrected chi connectivity index (χ0v) is 11.6. The quantitative estimate of drug-likeness (QED) is 0.726. The molecular formula is C15H14FN3O2. The number of nitrogens with two attached hydrogens (primary N) is 1. The van der Waals surface area contributed by atoms with E-state index >= 15 is 0 Å². The maximum Gasteiger partial charge on any atom is 0.163 e. The van der Waals surface area contributed by atoms with Crippen LogP contribution in [0, 0.1) is 5.82 Å². The Hall–Kier alpha value is -2.76. The average Bonchev–Trinajstić information content (AvgIpc) is 2.91. The molecule has 3 rings (SSSR count). The van der Waals surface area contributed by atoms with Gasteiger partial charge in [-0.1, -0.05) is 0 Å². The average molecular weight is 287 g/mol. The van der Waals surface area contributed by atoms with Crippen LogP contribution in [0.5, 0.6) is 11.5 Å². The number of aromatic amines is 1. The van der Waals surface area contributed by atoms with E-state index in [2.05, 4.69) is 9.97 Å². The van der Waals surface area contributed by atoms with Gasteiger partial charge in [0.05, 0.1) is 30.9 Å². The molecule has 21 heavy (non-hydrogen) atoms. The first kappa shape index (κ1) is 13.2. The van der Waals surface area contributed by atoms with E-state index in [0.29, 0.717) is 28.4 Å². The van der Waals surface area contributed by atoms with Crippen LogP contribution >= 0.6 is 0 Å². The smallest absolute Gasteiger partial charge is 0.163 e. The Morgan fingerprint density at radius 2 is 1.81 bits per heavy atom. The maximum absolute atomic E-state index is 13.6. The largest absolute Gasteiger partial charge is 0.493 e. The molecule has 108 valence electrons. The Balaban J connectivity index is 2.14. The number of anilines is 1. The molecule has 3 aromatic rings. The number of hydrogen-bond acceptors (Lipinski definition) is 4. The van der Waals surface area contributed by atoms with Crippen molar-refractivity contribution in [1.29, 1.82) is 0 Å². The Labute approximate surface area is 120 Å². The van der Waals surface area contributed by atoms with Crippen LogP contribution in [-0.4, -0.2) is 24.2 Å². The summed E-state index contributed by atoms with van der Waals surface area (Å²) in [5.74, 6) is 1.28. The van der Waals surface area contributed by atoms with Gasteiger partial charge >= 0.3 is 0 Å². The van der Waals surface area contributed by atoms with Crippen molar-refractivity contribution >= 4 is 16.7 Å². The third-order valence-corrected chi connectivity index (χ3v) is 3.26. The Kier molecular flexibility index (Phi) is 3.13. The van der Waals surface area contributed by atoms with Gasteiger partial charge in [0.2, 0.25) is 0 Å². The van der Waals surface area contributed by atoms with Crippen molar-refractivity contribution in [2.45, 2.75) is 0 Å². The molecule has 5 nitrogen and oxygen atoms in total. The molecule has 0 aliphatic heterocycles. The number of ether oxygens (including phenoxy) is 2. The van der Waals surface area contributed by atoms with E-state index in [1.54, 1.807) is 32.4 Å². The highest BCUT2D eigenvalue weighted by atomic mass is 19.1. The van der Waals surface area contributed by atoms with Crippen molar-refractivity contribution < 1.29 is 13.9 Å². The molecule has 6 heteroatoms. The first-order chi connectivity index (χ1) is 10.1. The predicted molar refractivity (Wildman–Crippen MR) is 79.0 cm³/mol. The number of hydrogen-bond donors (Lipinski definition) is 2. The lowest BCUT2D eigenvalue weighted by Crippen LogP contribution is -1.91. The molecule has 0 radical (unpaired) electrons. The van der Waals surface area contributed by atoms with Gasteiger partial charge in [-0.2, -0.15) is 0 Å². The minimum absolute atomic E-state index is 0.109. The first-order valence-electron chi connectivity index (χ1n) is 6.29. The van der Waals surface area contributed by atoms with Gasteiger partial charge in [-0.3, -0.25) is 0 Å². The van der Waals surface area contributed by atoms with E-state index in [-0.39, 0.29) is 5.69 Å². The van der Waals surface area contributed by atoms with Gasteiger partial charge in [-0.05, 0) is 18.2 Å². The van der Waals surface area contributed by atoms with Crippen molar-refractivity contribution in [3.63, 3.8) is 0 Å². The fraction of sp³-hybridized carbons (Fsp3) is 0.133. The number of imidazole rings is 1. The summed E-state index contributed by atoms with van der Waals surface area (Å²) in [5.41, 5.74) is 7.70. The summed E-state index contributed by atoms with van der Waals surface area (Å²) < 4.78 is 24.0. The molecule has 0 amide bonds. The minimum atomic E-state index is -0.469. The predicted octanol–water partition coefficient (Wildman–Crippen LogP) is 2.97. The van der Waals surface area contributed by atoms with Gasteiger partial charge in [0, 0.05) is 17.7 Å². The molecule has 3 N–H and O–H groups in total. The molecule has 0 atom stereocenters. The van der Waals surface area contributed by atoms with E-state index < -0.39 is 5.82 Å². The van der Waals surface area contributed by atoms with Crippen LogP contribution in [0.2, 0.25) is 0 Å². The lowest BCUT2D eigenvalue weighted by atomic mass is 10.2. The van der Waals surface area contributed by atoms with Crippen molar-refractivity contribution in [2.75, 3.05) is 20.0 Å². The summed E-state index contributed by atoms with van der Waals surface area (Å²) in [6, 6.07) is 8.13. The highest BCUT2D eigenvalue weighted by Crippen LogP contribution is 2.32. The number of fused-ring (bicyclic) bond motifs is 1. The molecule has 0 unspecified atom stereocenters. The normalized spacial score (nSPS) is 10.8. The van der Waals surface area contributed by atoms with E-state index in [4.69, 9.17) is 15.2 Å². The molecule has 0 aliphatic carbocycles. The van der Waals surface area contributed by atoms with Crippen molar-refractivity contribution in [1.82, 2.24) is 9.97 Å². The second-order valence-electron chi connectivity index (χ2n) is 4.55. The van der Waals surface area contributed by atoms with Crippen LogP contribution in [0.25, 0.3) is 22.4 Å². The summed E-state index contributed by atoms with van der Waals surface area (Å²) >= 11 is 0. The molecule has 0 bridgehead atoms. The SMILES string of the molecule is COc1cc2nc(-c3ccc(N)c(F)c3)[nH]c2cc1OC. The lowest BCUT2D eigenvalue weighted by molar-refractivity contribution is 0.356. The van der Waals surface area contributed by atoms with Crippen LogP contribution in [0.4, 0.5) is 10.1 Å². The number of aromatic nitrogens is 2. The summed E-state index contributed by atoms with van der Waals surface area (Å²) in [7, 11) is 3.13. The summed E-state index contributed by atoms with van der Waals surface area (Å²) in [6.07, 6.45) is 0. The van der Waals surface area contributed by atoms with Gasteiger partial charge in [-0.15, -0.1) is 0 Å². The molecule has 1 aromatic heterocycles. The van der Waals surface area contributed by atoms with E-state index in [1.807, 2.05) is 0 Å². The first-order valence-corrected chi connectivity index (χ1v) is 6.29. The fourth-order valence-corrected chi connectivity index (χ4v) is 2.15. The zero-order valence-electron chi connectivity index (χ0n) is 11.6. The molecular weight excluding hydrogens is 273 g/mol. The van der Waals surface area contributed by atoms with E-state index in [0.717, 1.165) is 5.52 Å². The Morgan fingerprint density at radius 3 is 2.48 bits per heavy atom. The van der Waals surface area contributed by atoms with Crippen molar-refractivity contribution in [3.05, 3.63) is 36.1 Å². The Bertz CT molecular complexity index is 773.